The van der Waals surface area contributed by atoms with Crippen molar-refractivity contribution in [1.82, 2.24) is 0 Å². The van der Waals surface area contributed by atoms with E-state index >= 15 is 0 Å². The fourth-order valence-electron chi connectivity index (χ4n) is 2.02. The topological polar surface area (TPSA) is 12.0 Å². The van der Waals surface area contributed by atoms with Crippen molar-refractivity contribution in [1.29, 1.82) is 0 Å². The van der Waals surface area contributed by atoms with Gasteiger partial charge < -0.3 is 5.32 Å². The molecule has 0 radical (unpaired) electrons. The van der Waals surface area contributed by atoms with Crippen molar-refractivity contribution >= 4 is 21.6 Å². The molecule has 3 heteroatoms. The molecule has 1 atom stereocenters. The van der Waals surface area contributed by atoms with Gasteiger partial charge in [0.25, 0.3) is 0 Å². The van der Waals surface area contributed by atoms with Crippen LogP contribution in [0.2, 0.25) is 0 Å². The Morgan fingerprint density at radius 3 is 2.67 bits per heavy atom. The van der Waals surface area contributed by atoms with Gasteiger partial charge >= 0.3 is 0 Å². The highest BCUT2D eigenvalue weighted by atomic mass is 79.9. The van der Waals surface area contributed by atoms with Crippen molar-refractivity contribution in [3.05, 3.63) is 28.0 Å². The van der Waals surface area contributed by atoms with E-state index in [2.05, 4.69) is 35.1 Å². The van der Waals surface area contributed by atoms with Crippen molar-refractivity contribution in [3.8, 4) is 0 Å². The lowest BCUT2D eigenvalue weighted by Gasteiger charge is -2.17. The average Bonchev–Trinajstić information content (AvgIpc) is 2.32. The maximum atomic E-state index is 13.3. The minimum absolute atomic E-state index is 0.200. The molecule has 0 spiro atoms. The number of nitrogens with one attached hydrogen (secondary N) is 1. The highest BCUT2D eigenvalue weighted by Gasteiger charge is 2.08. The average molecular weight is 316 g/mol. The number of unbranched alkanes of at least 4 members (excludes halogenated alkanes) is 3. The van der Waals surface area contributed by atoms with Crippen LogP contribution in [0.3, 0.4) is 0 Å². The van der Waals surface area contributed by atoms with Crippen LogP contribution in [0, 0.1) is 12.7 Å². The van der Waals surface area contributed by atoms with Gasteiger partial charge in [-0.2, -0.15) is 0 Å². The second-order valence-electron chi connectivity index (χ2n) is 4.98. The summed E-state index contributed by atoms with van der Waals surface area (Å²) in [5.41, 5.74) is 1.97. The maximum absolute atomic E-state index is 13.3. The van der Waals surface area contributed by atoms with E-state index in [1.165, 1.54) is 25.7 Å². The second kappa shape index (κ2) is 7.78. The van der Waals surface area contributed by atoms with E-state index in [9.17, 15) is 4.39 Å². The summed E-state index contributed by atoms with van der Waals surface area (Å²) in [6, 6.07) is 3.82. The molecule has 0 saturated heterocycles. The normalized spacial score (nSPS) is 12.5. The lowest BCUT2D eigenvalue weighted by Crippen LogP contribution is -2.15. The smallest absolute Gasteiger partial charge is 0.137 e. The Hall–Kier alpha value is -0.570. The molecule has 0 aliphatic rings. The Balaban J connectivity index is 2.48. The third-order valence-corrected chi connectivity index (χ3v) is 3.77. The third-order valence-electron chi connectivity index (χ3n) is 3.16. The monoisotopic (exact) mass is 315 g/mol. The van der Waals surface area contributed by atoms with Crippen LogP contribution >= 0.6 is 15.9 Å². The number of rotatable bonds is 7. The molecule has 0 fully saturated rings. The number of benzene rings is 1. The standard InChI is InChI=1S/C15H23BrFN/c1-4-5-6-7-8-12(3)18-15-10-13(16)14(17)9-11(15)2/h9-10,12,18H,4-8H2,1-3H3. The zero-order valence-electron chi connectivity index (χ0n) is 11.5. The summed E-state index contributed by atoms with van der Waals surface area (Å²) in [5.74, 6) is -0.200. The molecule has 1 aromatic carbocycles. The molecule has 102 valence electrons. The Kier molecular flexibility index (Phi) is 6.69. The van der Waals surface area contributed by atoms with Gasteiger partial charge in [-0.1, -0.05) is 32.6 Å². The van der Waals surface area contributed by atoms with Gasteiger partial charge in [0.2, 0.25) is 0 Å². The minimum Gasteiger partial charge on any atom is -0.382 e. The van der Waals surface area contributed by atoms with E-state index in [1.54, 1.807) is 6.07 Å². The van der Waals surface area contributed by atoms with Gasteiger partial charge in [0, 0.05) is 11.7 Å². The van der Waals surface area contributed by atoms with Crippen LogP contribution in [-0.4, -0.2) is 6.04 Å². The number of hydrogen-bond donors (Lipinski definition) is 1. The van der Waals surface area contributed by atoms with E-state index < -0.39 is 0 Å². The zero-order valence-corrected chi connectivity index (χ0v) is 13.1. The summed E-state index contributed by atoms with van der Waals surface area (Å²) in [6.45, 7) is 6.34. The summed E-state index contributed by atoms with van der Waals surface area (Å²) in [7, 11) is 0. The van der Waals surface area contributed by atoms with Crippen LogP contribution in [0.1, 0.15) is 51.5 Å². The maximum Gasteiger partial charge on any atom is 0.137 e. The number of aryl methyl sites for hydroxylation is 1. The fourth-order valence-corrected chi connectivity index (χ4v) is 2.36. The molecule has 0 aromatic heterocycles. The highest BCUT2D eigenvalue weighted by molar-refractivity contribution is 9.10. The van der Waals surface area contributed by atoms with Crippen molar-refractivity contribution in [2.45, 2.75) is 58.9 Å². The van der Waals surface area contributed by atoms with E-state index in [-0.39, 0.29) is 5.82 Å². The highest BCUT2D eigenvalue weighted by Crippen LogP contribution is 2.25. The van der Waals surface area contributed by atoms with Crippen LogP contribution in [0.4, 0.5) is 10.1 Å². The lowest BCUT2D eigenvalue weighted by atomic mass is 10.1. The third kappa shape index (κ3) is 4.97. The van der Waals surface area contributed by atoms with Crippen LogP contribution in [0.25, 0.3) is 0 Å². The van der Waals surface area contributed by atoms with E-state index in [1.807, 2.05) is 13.0 Å². The van der Waals surface area contributed by atoms with E-state index in [4.69, 9.17) is 0 Å². The number of anilines is 1. The van der Waals surface area contributed by atoms with Gasteiger partial charge in [-0.05, 0) is 53.9 Å². The van der Waals surface area contributed by atoms with Crippen molar-refractivity contribution < 1.29 is 4.39 Å². The predicted molar refractivity (Wildman–Crippen MR) is 80.7 cm³/mol. The fraction of sp³-hybridized carbons (Fsp3) is 0.600. The second-order valence-corrected chi connectivity index (χ2v) is 5.83. The lowest BCUT2D eigenvalue weighted by molar-refractivity contribution is 0.593. The first-order valence-electron chi connectivity index (χ1n) is 6.76. The predicted octanol–water partition coefficient (Wildman–Crippen LogP) is 5.67. The molecule has 0 amide bonds. The van der Waals surface area contributed by atoms with E-state index in [0.29, 0.717) is 10.5 Å². The molecule has 0 bridgehead atoms. The Morgan fingerprint density at radius 1 is 1.28 bits per heavy atom. The molecule has 1 N–H and O–H groups in total. The van der Waals surface area contributed by atoms with Gasteiger partial charge in [0.15, 0.2) is 0 Å². The first kappa shape index (κ1) is 15.5. The zero-order chi connectivity index (χ0) is 13.5. The van der Waals surface area contributed by atoms with Gasteiger partial charge in [-0.25, -0.2) is 4.39 Å². The first-order chi connectivity index (χ1) is 8.54. The Labute approximate surface area is 118 Å². The number of hydrogen-bond acceptors (Lipinski definition) is 1. The van der Waals surface area contributed by atoms with Gasteiger partial charge in [-0.15, -0.1) is 0 Å². The molecule has 18 heavy (non-hydrogen) atoms. The summed E-state index contributed by atoms with van der Waals surface area (Å²) < 4.78 is 13.8. The molecule has 0 saturated carbocycles. The summed E-state index contributed by atoms with van der Waals surface area (Å²) >= 11 is 3.23. The minimum atomic E-state index is -0.200. The van der Waals surface area contributed by atoms with E-state index in [0.717, 1.165) is 17.7 Å². The van der Waals surface area contributed by atoms with Crippen molar-refractivity contribution in [3.63, 3.8) is 0 Å². The molecular formula is C15H23BrFN. The molecule has 0 aliphatic carbocycles. The largest absolute Gasteiger partial charge is 0.382 e. The van der Waals surface area contributed by atoms with Crippen LogP contribution in [-0.2, 0) is 0 Å². The Bertz CT molecular complexity index is 379. The Morgan fingerprint density at radius 2 is 2.00 bits per heavy atom. The van der Waals surface area contributed by atoms with Gasteiger partial charge in [0.05, 0.1) is 4.47 Å². The van der Waals surface area contributed by atoms with Crippen LogP contribution in [0.5, 0.6) is 0 Å². The SMILES string of the molecule is CCCCCCC(C)Nc1cc(Br)c(F)cc1C. The summed E-state index contributed by atoms with van der Waals surface area (Å²) in [6.07, 6.45) is 6.30. The molecule has 1 aromatic rings. The van der Waals surface area contributed by atoms with Gasteiger partial charge in [-0.3, -0.25) is 0 Å². The van der Waals surface area contributed by atoms with Crippen molar-refractivity contribution in [2.24, 2.45) is 0 Å². The van der Waals surface area contributed by atoms with Crippen molar-refractivity contribution in [2.75, 3.05) is 5.32 Å². The molecule has 1 rings (SSSR count). The number of halogens is 2. The first-order valence-corrected chi connectivity index (χ1v) is 7.56. The molecule has 1 nitrogen and oxygen atoms in total. The van der Waals surface area contributed by atoms with Crippen LogP contribution in [0.15, 0.2) is 16.6 Å². The molecule has 0 heterocycles. The van der Waals surface area contributed by atoms with Gasteiger partial charge in [0.1, 0.15) is 5.82 Å². The molecule has 0 aliphatic heterocycles. The summed E-state index contributed by atoms with van der Waals surface area (Å²) in [4.78, 5) is 0. The molecule has 1 unspecified atom stereocenters. The molecular weight excluding hydrogens is 293 g/mol. The quantitative estimate of drug-likeness (QED) is 0.639. The van der Waals surface area contributed by atoms with Crippen LogP contribution < -0.4 is 5.32 Å². The summed E-state index contributed by atoms with van der Waals surface area (Å²) in [5, 5.41) is 3.46.